The van der Waals surface area contributed by atoms with E-state index in [1.165, 1.54) is 6.42 Å². The van der Waals surface area contributed by atoms with Gasteiger partial charge in [-0.2, -0.15) is 0 Å². The summed E-state index contributed by atoms with van der Waals surface area (Å²) in [6.07, 6.45) is 3.66. The van der Waals surface area contributed by atoms with Gasteiger partial charge in [0.25, 0.3) is 0 Å². The molecule has 2 saturated heterocycles. The van der Waals surface area contributed by atoms with Crippen molar-refractivity contribution in [3.63, 3.8) is 0 Å². The summed E-state index contributed by atoms with van der Waals surface area (Å²) in [7, 11) is 0. The summed E-state index contributed by atoms with van der Waals surface area (Å²) in [6, 6.07) is 0.200. The highest BCUT2D eigenvalue weighted by atomic mass is 16.4. The Morgan fingerprint density at radius 3 is 2.65 bits per heavy atom. The molecule has 0 aromatic heterocycles. The molecule has 0 aromatic carbocycles. The molecule has 2 aliphatic rings. The van der Waals surface area contributed by atoms with Gasteiger partial charge in [0.15, 0.2) is 0 Å². The number of nitrogens with one attached hydrogen (secondary N) is 1. The topological polar surface area (TPSA) is 72.9 Å². The summed E-state index contributed by atoms with van der Waals surface area (Å²) in [5.41, 5.74) is -1.18. The van der Waals surface area contributed by atoms with Gasteiger partial charge >= 0.3 is 12.0 Å². The summed E-state index contributed by atoms with van der Waals surface area (Å²) in [4.78, 5) is 27.9. The average Bonchev–Trinajstić information content (AvgIpc) is 2.75. The third-order valence-electron chi connectivity index (χ3n) is 4.65. The molecule has 2 aliphatic heterocycles. The van der Waals surface area contributed by atoms with Crippen LogP contribution in [-0.2, 0) is 4.79 Å². The van der Waals surface area contributed by atoms with Crippen molar-refractivity contribution in [2.24, 2.45) is 0 Å². The lowest BCUT2D eigenvalue weighted by molar-refractivity contribution is -0.143. The fraction of sp³-hybridized carbons (Fsp3) is 0.857. The van der Waals surface area contributed by atoms with E-state index in [4.69, 9.17) is 0 Å². The van der Waals surface area contributed by atoms with Crippen molar-refractivity contribution < 1.29 is 14.7 Å². The third-order valence-corrected chi connectivity index (χ3v) is 4.65. The zero-order valence-corrected chi connectivity index (χ0v) is 12.4. The molecule has 114 valence electrons. The van der Waals surface area contributed by atoms with Crippen LogP contribution in [0.25, 0.3) is 0 Å². The minimum absolute atomic E-state index is 0.245. The molecule has 2 atom stereocenters. The standard InChI is InChI=1S/C14H25N3O3/c1-3-14(2,12(18)19)15-13(20)17-9-5-8-16-7-4-6-11(16)10-17/h11H,3-10H2,1-2H3,(H,15,20)(H,18,19). The number of carboxylic acids is 1. The predicted molar refractivity (Wildman–Crippen MR) is 75.6 cm³/mol. The molecule has 0 bridgehead atoms. The van der Waals surface area contributed by atoms with Crippen molar-refractivity contribution in [2.45, 2.75) is 51.1 Å². The Bertz CT molecular complexity index is 388. The lowest BCUT2D eigenvalue weighted by Crippen LogP contribution is -2.56. The van der Waals surface area contributed by atoms with Crippen molar-refractivity contribution in [3.8, 4) is 0 Å². The van der Waals surface area contributed by atoms with Gasteiger partial charge in [-0.05, 0) is 39.2 Å². The molecule has 0 spiro atoms. The largest absolute Gasteiger partial charge is 0.480 e. The van der Waals surface area contributed by atoms with Gasteiger partial charge in [0.1, 0.15) is 5.54 Å². The number of rotatable bonds is 3. The van der Waals surface area contributed by atoms with Crippen LogP contribution in [0.3, 0.4) is 0 Å². The number of urea groups is 1. The number of hydrogen-bond acceptors (Lipinski definition) is 3. The molecule has 6 heteroatoms. The molecule has 2 amide bonds. The summed E-state index contributed by atoms with van der Waals surface area (Å²) in [5, 5.41) is 11.9. The number of amides is 2. The molecule has 2 N–H and O–H groups in total. The molecule has 6 nitrogen and oxygen atoms in total. The Morgan fingerprint density at radius 2 is 2.00 bits per heavy atom. The van der Waals surface area contributed by atoms with Gasteiger partial charge < -0.3 is 15.3 Å². The van der Waals surface area contributed by atoms with Crippen molar-refractivity contribution in [1.82, 2.24) is 15.1 Å². The zero-order valence-electron chi connectivity index (χ0n) is 12.4. The Morgan fingerprint density at radius 1 is 1.30 bits per heavy atom. The van der Waals surface area contributed by atoms with Crippen LogP contribution >= 0.6 is 0 Å². The van der Waals surface area contributed by atoms with Gasteiger partial charge in [-0.25, -0.2) is 9.59 Å². The number of carbonyl (C=O) groups excluding carboxylic acids is 1. The number of carboxylic acid groups (broad SMARTS) is 1. The van der Waals surface area contributed by atoms with Crippen molar-refractivity contribution in [3.05, 3.63) is 0 Å². The van der Waals surface area contributed by atoms with Crippen LogP contribution in [0, 0.1) is 0 Å². The summed E-state index contributed by atoms with van der Waals surface area (Å²) in [6.45, 7) is 6.92. The average molecular weight is 283 g/mol. The first kappa shape index (κ1) is 15.1. The second kappa shape index (κ2) is 5.99. The quantitative estimate of drug-likeness (QED) is 0.814. The molecular formula is C14H25N3O3. The van der Waals surface area contributed by atoms with E-state index in [0.29, 0.717) is 25.6 Å². The maximum absolute atomic E-state index is 12.4. The Hall–Kier alpha value is -1.30. The van der Waals surface area contributed by atoms with Crippen LogP contribution in [0.15, 0.2) is 0 Å². The molecule has 2 fully saturated rings. The first-order valence-corrected chi connectivity index (χ1v) is 7.51. The highest BCUT2D eigenvalue weighted by Crippen LogP contribution is 2.21. The van der Waals surface area contributed by atoms with Gasteiger partial charge in [-0.1, -0.05) is 6.92 Å². The van der Waals surface area contributed by atoms with E-state index < -0.39 is 11.5 Å². The van der Waals surface area contributed by atoms with Gasteiger partial charge in [0.05, 0.1) is 0 Å². The number of nitrogens with zero attached hydrogens (tertiary/aromatic N) is 2. The molecule has 2 rings (SSSR count). The van der Waals surface area contributed by atoms with Crippen LogP contribution in [-0.4, -0.2) is 64.7 Å². The smallest absolute Gasteiger partial charge is 0.329 e. The molecule has 0 aliphatic carbocycles. The van der Waals surface area contributed by atoms with Crippen molar-refractivity contribution >= 4 is 12.0 Å². The van der Waals surface area contributed by atoms with E-state index in [-0.39, 0.29) is 6.03 Å². The van der Waals surface area contributed by atoms with Gasteiger partial charge in [-0.15, -0.1) is 0 Å². The van der Waals surface area contributed by atoms with Crippen molar-refractivity contribution in [2.75, 3.05) is 26.2 Å². The lowest BCUT2D eigenvalue weighted by Gasteiger charge is -2.31. The summed E-state index contributed by atoms with van der Waals surface area (Å²) in [5.74, 6) is -0.981. The molecule has 0 aromatic rings. The maximum Gasteiger partial charge on any atom is 0.329 e. The normalized spacial score (nSPS) is 26.5. The van der Waals surface area contributed by atoms with Gasteiger partial charge in [0.2, 0.25) is 0 Å². The minimum Gasteiger partial charge on any atom is -0.480 e. The summed E-state index contributed by atoms with van der Waals surface area (Å²) < 4.78 is 0. The van der Waals surface area contributed by atoms with E-state index in [2.05, 4.69) is 10.2 Å². The Balaban J connectivity index is 1.99. The van der Waals surface area contributed by atoms with E-state index in [9.17, 15) is 14.7 Å². The van der Waals surface area contributed by atoms with Crippen LogP contribution in [0.4, 0.5) is 4.79 Å². The van der Waals surface area contributed by atoms with E-state index in [1.54, 1.807) is 18.7 Å². The van der Waals surface area contributed by atoms with Crippen LogP contribution in [0.5, 0.6) is 0 Å². The minimum atomic E-state index is -1.18. The number of hydrogen-bond donors (Lipinski definition) is 2. The molecular weight excluding hydrogens is 258 g/mol. The van der Waals surface area contributed by atoms with E-state index >= 15 is 0 Å². The van der Waals surface area contributed by atoms with Crippen LogP contribution in [0.1, 0.15) is 39.5 Å². The molecule has 0 saturated carbocycles. The monoisotopic (exact) mass is 283 g/mol. The fourth-order valence-electron chi connectivity index (χ4n) is 3.00. The molecule has 0 radical (unpaired) electrons. The number of aliphatic carboxylic acids is 1. The Kier molecular flexibility index (Phi) is 4.52. The lowest BCUT2D eigenvalue weighted by atomic mass is 10.00. The molecule has 20 heavy (non-hydrogen) atoms. The summed E-state index contributed by atoms with van der Waals surface area (Å²) >= 11 is 0. The first-order valence-electron chi connectivity index (χ1n) is 7.51. The van der Waals surface area contributed by atoms with Crippen LogP contribution < -0.4 is 5.32 Å². The highest BCUT2D eigenvalue weighted by molar-refractivity contribution is 5.85. The fourth-order valence-corrected chi connectivity index (χ4v) is 3.00. The zero-order chi connectivity index (χ0) is 14.8. The van der Waals surface area contributed by atoms with E-state index in [1.807, 2.05) is 0 Å². The molecule has 2 unspecified atom stereocenters. The van der Waals surface area contributed by atoms with Gasteiger partial charge in [0, 0.05) is 25.7 Å². The van der Waals surface area contributed by atoms with E-state index in [0.717, 1.165) is 25.9 Å². The number of carbonyl (C=O) groups is 2. The second-order valence-electron chi connectivity index (χ2n) is 6.05. The SMILES string of the molecule is CCC(C)(NC(=O)N1CCCN2CCCC2C1)C(=O)O. The van der Waals surface area contributed by atoms with Crippen LogP contribution in [0.2, 0.25) is 0 Å². The highest BCUT2D eigenvalue weighted by Gasteiger charge is 2.36. The predicted octanol–water partition coefficient (Wildman–Crippen LogP) is 1.12. The molecule has 2 heterocycles. The Labute approximate surface area is 120 Å². The second-order valence-corrected chi connectivity index (χ2v) is 6.05. The van der Waals surface area contributed by atoms with Gasteiger partial charge in [-0.3, -0.25) is 4.90 Å². The third kappa shape index (κ3) is 3.06. The first-order chi connectivity index (χ1) is 9.46. The maximum atomic E-state index is 12.4. The number of fused-ring (bicyclic) bond motifs is 1. The van der Waals surface area contributed by atoms with Crippen molar-refractivity contribution in [1.29, 1.82) is 0 Å².